The first-order chi connectivity index (χ1) is 8.38. The van der Waals surface area contributed by atoms with Gasteiger partial charge in [0.2, 0.25) is 0 Å². The molecule has 0 saturated heterocycles. The predicted octanol–water partition coefficient (Wildman–Crippen LogP) is 1.77. The number of quaternary nitrogens is 1. The number of nitrogens with two attached hydrogens (primary N) is 1. The number of amides is 1. The molecule has 0 aliphatic heterocycles. The maximum absolute atomic E-state index is 11.8. The number of rotatable bonds is 5. The molecular weight excluding hydrogens is 339 g/mol. The van der Waals surface area contributed by atoms with E-state index in [1.165, 1.54) is 0 Å². The molecule has 0 bridgehead atoms. The van der Waals surface area contributed by atoms with E-state index in [1.807, 2.05) is 24.3 Å². The van der Waals surface area contributed by atoms with Crippen LogP contribution in [0.4, 0.5) is 0 Å². The van der Waals surface area contributed by atoms with Gasteiger partial charge in [0.25, 0.3) is 5.91 Å². The van der Waals surface area contributed by atoms with Gasteiger partial charge in [0.1, 0.15) is 0 Å². The van der Waals surface area contributed by atoms with Crippen molar-refractivity contribution in [2.24, 2.45) is 0 Å². The highest BCUT2D eigenvalue weighted by atomic mass is 127. The summed E-state index contributed by atoms with van der Waals surface area (Å²) >= 11 is 2.21. The topological polar surface area (TPSA) is 45.7 Å². The fourth-order valence-corrected chi connectivity index (χ4v) is 2.11. The summed E-state index contributed by atoms with van der Waals surface area (Å²) in [4.78, 5) is 11.8. The van der Waals surface area contributed by atoms with Gasteiger partial charge in [0, 0.05) is 22.1 Å². The van der Waals surface area contributed by atoms with E-state index in [1.54, 1.807) is 0 Å². The van der Waals surface area contributed by atoms with Gasteiger partial charge in [-0.2, -0.15) is 0 Å². The van der Waals surface area contributed by atoms with Crippen molar-refractivity contribution in [1.82, 2.24) is 5.32 Å². The van der Waals surface area contributed by atoms with Crippen LogP contribution in [0.3, 0.4) is 0 Å². The summed E-state index contributed by atoms with van der Waals surface area (Å²) in [7, 11) is 0. The van der Waals surface area contributed by atoms with Crippen molar-refractivity contribution >= 4 is 28.5 Å². The summed E-state index contributed by atoms with van der Waals surface area (Å²) < 4.78 is 1.08. The number of carbonyl (C=O) groups is 1. The van der Waals surface area contributed by atoms with Crippen molar-refractivity contribution < 1.29 is 10.1 Å². The van der Waals surface area contributed by atoms with E-state index >= 15 is 0 Å². The highest BCUT2D eigenvalue weighted by Crippen LogP contribution is 2.07. The summed E-state index contributed by atoms with van der Waals surface area (Å²) in [6.45, 7) is 8.35. The van der Waals surface area contributed by atoms with Crippen LogP contribution < -0.4 is 10.6 Å². The molecule has 100 valence electrons. The zero-order chi connectivity index (χ0) is 13.6. The standard InChI is InChI=1S/C14H21IN2O/c1-14(2,3)17-9-5-8-16-13(18)11-6-4-7-12(15)10-11/h4,6-7,10,17H,5,8-9H2,1-3H3,(H,16,18)/p+1. The summed E-state index contributed by atoms with van der Waals surface area (Å²) in [6, 6.07) is 7.63. The normalized spacial score (nSPS) is 11.3. The first-order valence-corrected chi connectivity index (χ1v) is 7.34. The molecule has 0 spiro atoms. The molecule has 0 aliphatic rings. The van der Waals surface area contributed by atoms with E-state index in [0.717, 1.165) is 28.6 Å². The van der Waals surface area contributed by atoms with Crippen LogP contribution in [0, 0.1) is 3.57 Å². The first kappa shape index (κ1) is 15.4. The third kappa shape index (κ3) is 6.35. The summed E-state index contributed by atoms with van der Waals surface area (Å²) in [5, 5.41) is 5.25. The Morgan fingerprint density at radius 2 is 2.11 bits per heavy atom. The van der Waals surface area contributed by atoms with E-state index in [-0.39, 0.29) is 11.4 Å². The van der Waals surface area contributed by atoms with Gasteiger partial charge >= 0.3 is 0 Å². The van der Waals surface area contributed by atoms with Gasteiger partial charge < -0.3 is 10.6 Å². The van der Waals surface area contributed by atoms with Crippen molar-refractivity contribution in [3.63, 3.8) is 0 Å². The van der Waals surface area contributed by atoms with Crippen LogP contribution in [-0.2, 0) is 0 Å². The molecule has 3 N–H and O–H groups in total. The Morgan fingerprint density at radius 3 is 2.72 bits per heavy atom. The number of hydrogen-bond donors (Lipinski definition) is 2. The van der Waals surface area contributed by atoms with E-state index in [0.29, 0.717) is 0 Å². The van der Waals surface area contributed by atoms with E-state index in [9.17, 15) is 4.79 Å². The van der Waals surface area contributed by atoms with Gasteiger partial charge in [-0.25, -0.2) is 0 Å². The zero-order valence-electron chi connectivity index (χ0n) is 11.3. The third-order valence-corrected chi connectivity index (χ3v) is 3.18. The van der Waals surface area contributed by atoms with Gasteiger partial charge in [-0.05, 0) is 61.6 Å². The zero-order valence-corrected chi connectivity index (χ0v) is 13.5. The molecule has 1 rings (SSSR count). The lowest BCUT2D eigenvalue weighted by atomic mass is 10.1. The minimum absolute atomic E-state index is 0.0178. The van der Waals surface area contributed by atoms with Crippen LogP contribution in [0.25, 0.3) is 0 Å². The molecule has 1 aromatic rings. The molecule has 18 heavy (non-hydrogen) atoms. The second-order valence-corrected chi connectivity index (χ2v) is 6.72. The van der Waals surface area contributed by atoms with Crippen molar-refractivity contribution in [3.05, 3.63) is 33.4 Å². The van der Waals surface area contributed by atoms with E-state index in [2.05, 4.69) is 54.0 Å². The lowest BCUT2D eigenvalue weighted by Crippen LogP contribution is -2.94. The summed E-state index contributed by atoms with van der Waals surface area (Å²) in [5.74, 6) is 0.0178. The maximum atomic E-state index is 11.8. The average Bonchev–Trinajstić information content (AvgIpc) is 2.26. The Balaban J connectivity index is 2.26. The van der Waals surface area contributed by atoms with Crippen molar-refractivity contribution in [2.45, 2.75) is 32.7 Å². The fourth-order valence-electron chi connectivity index (χ4n) is 1.57. The van der Waals surface area contributed by atoms with Gasteiger partial charge in [-0.15, -0.1) is 0 Å². The van der Waals surface area contributed by atoms with Gasteiger partial charge in [0.05, 0.1) is 12.1 Å². The quantitative estimate of drug-likeness (QED) is 0.610. The van der Waals surface area contributed by atoms with E-state index in [4.69, 9.17) is 0 Å². The molecule has 1 aromatic carbocycles. The Hall–Kier alpha value is -0.620. The molecule has 0 aliphatic carbocycles. The molecule has 1 amide bonds. The summed E-state index contributed by atoms with van der Waals surface area (Å²) in [6.07, 6.45) is 0.993. The highest BCUT2D eigenvalue weighted by Gasteiger charge is 2.11. The fraction of sp³-hybridized carbons (Fsp3) is 0.500. The number of nitrogens with one attached hydrogen (secondary N) is 1. The molecule has 0 radical (unpaired) electrons. The third-order valence-electron chi connectivity index (χ3n) is 2.51. The first-order valence-electron chi connectivity index (χ1n) is 6.26. The Kier molecular flexibility index (Phi) is 6.08. The van der Waals surface area contributed by atoms with E-state index < -0.39 is 0 Å². The van der Waals surface area contributed by atoms with Crippen molar-refractivity contribution in [1.29, 1.82) is 0 Å². The minimum atomic E-state index is 0.0178. The van der Waals surface area contributed by atoms with Gasteiger partial charge in [0.15, 0.2) is 0 Å². The minimum Gasteiger partial charge on any atom is -0.352 e. The van der Waals surface area contributed by atoms with Crippen LogP contribution in [0.1, 0.15) is 37.6 Å². The van der Waals surface area contributed by atoms with Crippen molar-refractivity contribution in [2.75, 3.05) is 13.1 Å². The van der Waals surface area contributed by atoms with Crippen LogP contribution in [0.15, 0.2) is 24.3 Å². The molecule has 0 unspecified atom stereocenters. The Bertz CT molecular complexity index is 399. The largest absolute Gasteiger partial charge is 0.352 e. The second-order valence-electron chi connectivity index (χ2n) is 5.48. The lowest BCUT2D eigenvalue weighted by molar-refractivity contribution is -0.717. The monoisotopic (exact) mass is 361 g/mol. The smallest absolute Gasteiger partial charge is 0.251 e. The molecule has 0 heterocycles. The van der Waals surface area contributed by atoms with Crippen LogP contribution in [0.5, 0.6) is 0 Å². The van der Waals surface area contributed by atoms with Crippen LogP contribution in [-0.4, -0.2) is 24.5 Å². The van der Waals surface area contributed by atoms with Gasteiger partial charge in [-0.1, -0.05) is 6.07 Å². The maximum Gasteiger partial charge on any atom is 0.251 e. The van der Waals surface area contributed by atoms with Crippen LogP contribution in [0.2, 0.25) is 0 Å². The average molecular weight is 361 g/mol. The Labute approximate surface area is 123 Å². The lowest BCUT2D eigenvalue weighted by Gasteiger charge is -2.16. The van der Waals surface area contributed by atoms with Gasteiger partial charge in [-0.3, -0.25) is 4.79 Å². The molecule has 0 atom stereocenters. The molecule has 0 fully saturated rings. The number of benzene rings is 1. The Morgan fingerprint density at radius 1 is 1.39 bits per heavy atom. The number of hydrogen-bond acceptors (Lipinski definition) is 1. The van der Waals surface area contributed by atoms with Crippen LogP contribution >= 0.6 is 22.6 Å². The number of carbonyl (C=O) groups excluding carboxylic acids is 1. The molecule has 0 aromatic heterocycles. The number of halogens is 1. The predicted molar refractivity (Wildman–Crippen MR) is 82.7 cm³/mol. The highest BCUT2D eigenvalue weighted by molar-refractivity contribution is 14.1. The summed E-state index contributed by atoms with van der Waals surface area (Å²) in [5.41, 5.74) is 1.00. The molecular formula is C14H22IN2O+. The van der Waals surface area contributed by atoms with Crippen molar-refractivity contribution in [3.8, 4) is 0 Å². The molecule has 0 saturated carbocycles. The molecule has 4 heteroatoms. The SMILES string of the molecule is CC(C)(C)[NH2+]CCCNC(=O)c1cccc(I)c1. The second kappa shape index (κ2) is 7.09. The molecule has 3 nitrogen and oxygen atoms in total.